The lowest BCUT2D eigenvalue weighted by Crippen LogP contribution is -2.15. The zero-order valence-corrected chi connectivity index (χ0v) is 12.5. The minimum atomic E-state index is -0.259. The number of aromatic nitrogens is 1. The van der Waals surface area contributed by atoms with Gasteiger partial charge in [-0.2, -0.15) is 0 Å². The number of aliphatic hydroxyl groups excluding tert-OH is 1. The summed E-state index contributed by atoms with van der Waals surface area (Å²) in [6.45, 7) is 9.09. The van der Waals surface area contributed by atoms with Gasteiger partial charge in [0.15, 0.2) is 0 Å². The van der Waals surface area contributed by atoms with E-state index in [1.54, 1.807) is 0 Å². The lowest BCUT2D eigenvalue weighted by atomic mass is 9.95. The Morgan fingerprint density at radius 3 is 2.95 bits per heavy atom. The molecule has 0 radical (unpaired) electrons. The zero-order valence-electron chi connectivity index (χ0n) is 12.5. The summed E-state index contributed by atoms with van der Waals surface area (Å²) in [5.41, 5.74) is 3.72. The van der Waals surface area contributed by atoms with Crippen molar-refractivity contribution in [3.8, 4) is 0 Å². The third kappa shape index (κ3) is 3.61. The Kier molecular flexibility index (Phi) is 5.06. The van der Waals surface area contributed by atoms with E-state index in [0.29, 0.717) is 5.92 Å². The van der Waals surface area contributed by atoms with Gasteiger partial charge >= 0.3 is 0 Å². The van der Waals surface area contributed by atoms with Crippen LogP contribution in [0.3, 0.4) is 0 Å². The predicted octanol–water partition coefficient (Wildman–Crippen LogP) is 3.23. The fourth-order valence-electron chi connectivity index (χ4n) is 2.83. The molecule has 0 fully saturated rings. The van der Waals surface area contributed by atoms with Crippen molar-refractivity contribution in [2.75, 3.05) is 13.2 Å². The monoisotopic (exact) mass is 265 g/mol. The molecule has 0 saturated carbocycles. The van der Waals surface area contributed by atoms with E-state index in [1.807, 2.05) is 0 Å². The molecule has 3 nitrogen and oxygen atoms in total. The molecule has 2 rings (SSSR count). The Morgan fingerprint density at radius 2 is 2.21 bits per heavy atom. The number of hydrogen-bond acceptors (Lipinski definition) is 2. The molecule has 0 saturated heterocycles. The summed E-state index contributed by atoms with van der Waals surface area (Å²) in [4.78, 5) is 0. The molecule has 1 N–H and O–H groups in total. The highest BCUT2D eigenvalue weighted by atomic mass is 16.5. The average molecular weight is 265 g/mol. The standard InChI is InChI=1S/C16H27NO2/c1-12(2)7-9-19-10-8-17-13(3)11-14-15(17)5-4-6-16(14)18/h11-12,16,18H,4-10H2,1-3H3. The van der Waals surface area contributed by atoms with Gasteiger partial charge in [0.1, 0.15) is 0 Å². The van der Waals surface area contributed by atoms with Crippen LogP contribution in [-0.4, -0.2) is 22.9 Å². The highest BCUT2D eigenvalue weighted by Gasteiger charge is 2.22. The van der Waals surface area contributed by atoms with Crippen molar-refractivity contribution in [2.24, 2.45) is 5.92 Å². The molecule has 1 atom stereocenters. The first kappa shape index (κ1) is 14.6. The molecule has 0 aliphatic heterocycles. The Hall–Kier alpha value is -0.800. The average Bonchev–Trinajstić information content (AvgIpc) is 2.67. The predicted molar refractivity (Wildman–Crippen MR) is 77.3 cm³/mol. The van der Waals surface area contributed by atoms with Crippen LogP contribution in [0.2, 0.25) is 0 Å². The summed E-state index contributed by atoms with van der Waals surface area (Å²) in [5.74, 6) is 0.705. The molecule has 1 aliphatic carbocycles. The van der Waals surface area contributed by atoms with Crippen molar-refractivity contribution >= 4 is 0 Å². The zero-order chi connectivity index (χ0) is 13.8. The highest BCUT2D eigenvalue weighted by Crippen LogP contribution is 2.31. The van der Waals surface area contributed by atoms with Crippen molar-refractivity contribution in [3.05, 3.63) is 23.0 Å². The Labute approximate surface area is 116 Å². The van der Waals surface area contributed by atoms with Crippen LogP contribution in [0.1, 0.15) is 56.2 Å². The Balaban J connectivity index is 1.90. The molecule has 1 aromatic rings. The van der Waals surface area contributed by atoms with E-state index in [0.717, 1.165) is 51.0 Å². The minimum Gasteiger partial charge on any atom is -0.388 e. The maximum absolute atomic E-state index is 10.0. The number of aliphatic hydroxyl groups is 1. The summed E-state index contributed by atoms with van der Waals surface area (Å²) < 4.78 is 8.03. The Bertz CT molecular complexity index is 409. The van der Waals surface area contributed by atoms with Crippen LogP contribution in [0.15, 0.2) is 6.07 Å². The van der Waals surface area contributed by atoms with Gasteiger partial charge in [-0.3, -0.25) is 0 Å². The second kappa shape index (κ2) is 6.58. The lowest BCUT2D eigenvalue weighted by Gasteiger charge is -2.20. The van der Waals surface area contributed by atoms with Gasteiger partial charge in [-0.1, -0.05) is 13.8 Å². The van der Waals surface area contributed by atoms with Gasteiger partial charge in [-0.15, -0.1) is 0 Å². The second-order valence-electron chi connectivity index (χ2n) is 6.04. The summed E-state index contributed by atoms with van der Waals surface area (Å²) in [5, 5.41) is 10.0. The van der Waals surface area contributed by atoms with Crippen molar-refractivity contribution in [3.63, 3.8) is 0 Å². The molecule has 1 heterocycles. The maximum Gasteiger partial charge on any atom is 0.0807 e. The topological polar surface area (TPSA) is 34.4 Å². The first-order valence-electron chi connectivity index (χ1n) is 7.54. The maximum atomic E-state index is 10.0. The van der Waals surface area contributed by atoms with E-state index in [2.05, 4.69) is 31.4 Å². The molecule has 0 bridgehead atoms. The number of fused-ring (bicyclic) bond motifs is 1. The van der Waals surface area contributed by atoms with Gasteiger partial charge in [0, 0.05) is 30.1 Å². The van der Waals surface area contributed by atoms with Gasteiger partial charge in [-0.05, 0) is 44.6 Å². The van der Waals surface area contributed by atoms with Crippen molar-refractivity contribution in [1.82, 2.24) is 4.57 Å². The molecule has 1 aromatic heterocycles. The molecule has 0 aromatic carbocycles. The first-order valence-corrected chi connectivity index (χ1v) is 7.54. The van der Waals surface area contributed by atoms with Gasteiger partial charge in [0.2, 0.25) is 0 Å². The van der Waals surface area contributed by atoms with Crippen LogP contribution in [-0.2, 0) is 17.7 Å². The summed E-state index contributed by atoms with van der Waals surface area (Å²) in [6.07, 6.45) is 3.95. The largest absolute Gasteiger partial charge is 0.388 e. The van der Waals surface area contributed by atoms with Crippen molar-refractivity contribution < 1.29 is 9.84 Å². The number of nitrogens with zero attached hydrogens (tertiary/aromatic N) is 1. The normalized spacial score (nSPS) is 18.9. The molecular formula is C16H27NO2. The van der Waals surface area contributed by atoms with E-state index in [1.165, 1.54) is 11.4 Å². The highest BCUT2D eigenvalue weighted by molar-refractivity contribution is 5.31. The van der Waals surface area contributed by atoms with E-state index >= 15 is 0 Å². The van der Waals surface area contributed by atoms with Crippen LogP contribution >= 0.6 is 0 Å². The van der Waals surface area contributed by atoms with Crippen LogP contribution in [0.25, 0.3) is 0 Å². The van der Waals surface area contributed by atoms with Gasteiger partial charge in [-0.25, -0.2) is 0 Å². The first-order chi connectivity index (χ1) is 9.09. The van der Waals surface area contributed by atoms with E-state index in [-0.39, 0.29) is 6.10 Å². The molecule has 3 heteroatoms. The van der Waals surface area contributed by atoms with Crippen molar-refractivity contribution in [1.29, 1.82) is 0 Å². The van der Waals surface area contributed by atoms with Gasteiger partial charge in [0.25, 0.3) is 0 Å². The number of rotatable bonds is 6. The third-order valence-electron chi connectivity index (χ3n) is 4.00. The fraction of sp³-hybridized carbons (Fsp3) is 0.750. The fourth-order valence-corrected chi connectivity index (χ4v) is 2.83. The molecule has 0 amide bonds. The van der Waals surface area contributed by atoms with Crippen LogP contribution in [0, 0.1) is 12.8 Å². The minimum absolute atomic E-state index is 0.259. The smallest absolute Gasteiger partial charge is 0.0807 e. The lowest BCUT2D eigenvalue weighted by molar-refractivity contribution is 0.114. The molecule has 0 spiro atoms. The van der Waals surface area contributed by atoms with Gasteiger partial charge < -0.3 is 14.4 Å². The summed E-state index contributed by atoms with van der Waals surface area (Å²) >= 11 is 0. The SMILES string of the molecule is Cc1cc2c(n1CCOCCC(C)C)CCCC2O. The van der Waals surface area contributed by atoms with E-state index in [4.69, 9.17) is 4.74 Å². The Morgan fingerprint density at radius 1 is 1.42 bits per heavy atom. The second-order valence-corrected chi connectivity index (χ2v) is 6.04. The van der Waals surface area contributed by atoms with Crippen LogP contribution < -0.4 is 0 Å². The molecule has 1 aliphatic rings. The quantitative estimate of drug-likeness (QED) is 0.801. The van der Waals surface area contributed by atoms with Crippen molar-refractivity contribution in [2.45, 2.75) is 59.1 Å². The summed E-state index contributed by atoms with van der Waals surface area (Å²) in [7, 11) is 0. The van der Waals surface area contributed by atoms with Crippen LogP contribution in [0.4, 0.5) is 0 Å². The van der Waals surface area contributed by atoms with E-state index < -0.39 is 0 Å². The third-order valence-corrected chi connectivity index (χ3v) is 4.00. The number of aryl methyl sites for hydroxylation is 1. The molecule has 108 valence electrons. The van der Waals surface area contributed by atoms with Crippen LogP contribution in [0.5, 0.6) is 0 Å². The van der Waals surface area contributed by atoms with Gasteiger partial charge in [0.05, 0.1) is 12.7 Å². The molecule has 19 heavy (non-hydrogen) atoms. The summed E-state index contributed by atoms with van der Waals surface area (Å²) in [6, 6.07) is 2.15. The molecule has 1 unspecified atom stereocenters. The molecular weight excluding hydrogens is 238 g/mol. The van der Waals surface area contributed by atoms with E-state index in [9.17, 15) is 5.11 Å². The number of ether oxygens (including phenoxy) is 1. The number of hydrogen-bond donors (Lipinski definition) is 1.